The first-order valence-corrected chi connectivity index (χ1v) is 6.48. The minimum Gasteiger partial charge on any atom is -0.464 e. The molecule has 9 heteroatoms. The molecule has 1 saturated carbocycles. The van der Waals surface area contributed by atoms with Gasteiger partial charge in [-0.1, -0.05) is 19.3 Å². The normalized spacial score (nSPS) is 20.1. The molecule has 1 rings (SSSR count). The molecule has 1 aliphatic carbocycles. The van der Waals surface area contributed by atoms with Gasteiger partial charge in [-0.25, -0.2) is 0 Å². The maximum Gasteiger partial charge on any atom is 0.426 e. The molecule has 1 unspecified atom stereocenters. The van der Waals surface area contributed by atoms with Gasteiger partial charge in [0.15, 0.2) is 0 Å². The summed E-state index contributed by atoms with van der Waals surface area (Å²) in [6.07, 6.45) is -12.3. The molecule has 1 N–H and O–H groups in total. The molecular formula is C12H16F6O3. The van der Waals surface area contributed by atoms with Crippen molar-refractivity contribution in [2.45, 2.75) is 62.6 Å². The van der Waals surface area contributed by atoms with Gasteiger partial charge in [0.2, 0.25) is 0 Å². The summed E-state index contributed by atoms with van der Waals surface area (Å²) >= 11 is 0. The van der Waals surface area contributed by atoms with Crippen LogP contribution in [0.2, 0.25) is 0 Å². The molecule has 1 aliphatic rings. The zero-order chi connectivity index (χ0) is 16.3. The number of rotatable bonds is 5. The molecule has 0 amide bonds. The van der Waals surface area contributed by atoms with Crippen LogP contribution in [0.25, 0.3) is 0 Å². The van der Waals surface area contributed by atoms with E-state index in [4.69, 9.17) is 5.11 Å². The third-order valence-electron chi connectivity index (χ3n) is 3.84. The molecule has 0 heterocycles. The fourth-order valence-corrected chi connectivity index (χ4v) is 2.59. The summed E-state index contributed by atoms with van der Waals surface area (Å²) in [5.74, 6) is -0.611. The second-order valence-corrected chi connectivity index (χ2v) is 5.23. The number of halogens is 6. The van der Waals surface area contributed by atoms with Crippen LogP contribution in [0.5, 0.6) is 0 Å². The standard InChI is InChI=1S/C12H16F6O3/c13-11(14,15)10(20,12(16,17)18)6-9(21-7-19)8-4-2-1-3-5-8/h7-9,20H,1-6H2. The Hall–Kier alpha value is -0.990. The van der Waals surface area contributed by atoms with Crippen LogP contribution in [0, 0.1) is 5.92 Å². The third kappa shape index (κ3) is 4.02. The van der Waals surface area contributed by atoms with Gasteiger partial charge in [0.1, 0.15) is 6.10 Å². The van der Waals surface area contributed by atoms with Crippen molar-refractivity contribution in [2.75, 3.05) is 0 Å². The van der Waals surface area contributed by atoms with E-state index < -0.39 is 36.4 Å². The maximum absolute atomic E-state index is 12.7. The zero-order valence-corrected chi connectivity index (χ0v) is 11.0. The second kappa shape index (κ2) is 6.41. The number of carbonyl (C=O) groups is 1. The van der Waals surface area contributed by atoms with E-state index in [1.165, 1.54) is 0 Å². The van der Waals surface area contributed by atoms with Gasteiger partial charge in [-0.15, -0.1) is 0 Å². The number of carbonyl (C=O) groups excluding carboxylic acids is 1. The van der Waals surface area contributed by atoms with Crippen molar-refractivity contribution in [1.29, 1.82) is 0 Å². The van der Waals surface area contributed by atoms with Crippen LogP contribution >= 0.6 is 0 Å². The lowest BCUT2D eigenvalue weighted by Gasteiger charge is -2.37. The predicted octanol–water partition coefficient (Wildman–Crippen LogP) is 3.35. The molecule has 0 aromatic carbocycles. The minimum atomic E-state index is -5.90. The lowest BCUT2D eigenvalue weighted by atomic mass is 9.80. The van der Waals surface area contributed by atoms with E-state index in [9.17, 15) is 31.1 Å². The molecule has 1 atom stereocenters. The van der Waals surface area contributed by atoms with Crippen molar-refractivity contribution in [2.24, 2.45) is 5.92 Å². The Bertz CT molecular complexity index is 332. The highest BCUT2D eigenvalue weighted by molar-refractivity contribution is 5.37. The lowest BCUT2D eigenvalue weighted by molar-refractivity contribution is -0.374. The van der Waals surface area contributed by atoms with Gasteiger partial charge in [-0.05, 0) is 18.8 Å². The van der Waals surface area contributed by atoms with Crippen LogP contribution in [0.4, 0.5) is 26.3 Å². The van der Waals surface area contributed by atoms with Crippen molar-refractivity contribution < 1.29 is 41.0 Å². The quantitative estimate of drug-likeness (QED) is 0.624. The van der Waals surface area contributed by atoms with Gasteiger partial charge < -0.3 is 9.84 Å². The van der Waals surface area contributed by atoms with Gasteiger partial charge in [0.05, 0.1) is 0 Å². The molecular weight excluding hydrogens is 306 g/mol. The van der Waals surface area contributed by atoms with Crippen LogP contribution in [0.15, 0.2) is 0 Å². The smallest absolute Gasteiger partial charge is 0.426 e. The summed E-state index contributed by atoms with van der Waals surface area (Å²) in [6.45, 7) is -0.174. The zero-order valence-electron chi connectivity index (χ0n) is 11.0. The molecule has 124 valence electrons. The van der Waals surface area contributed by atoms with Gasteiger partial charge in [-0.3, -0.25) is 4.79 Å². The SMILES string of the molecule is O=COC(CC(O)(C(F)(F)F)C(F)(F)F)C1CCCCC1. The molecule has 0 aromatic heterocycles. The van der Waals surface area contributed by atoms with Crippen molar-refractivity contribution in [3.63, 3.8) is 0 Å². The summed E-state index contributed by atoms with van der Waals surface area (Å²) in [6, 6.07) is 0. The average Bonchev–Trinajstić information content (AvgIpc) is 2.36. The molecule has 0 aromatic rings. The van der Waals surface area contributed by atoms with Gasteiger partial charge >= 0.3 is 12.4 Å². The Labute approximate surface area is 117 Å². The van der Waals surface area contributed by atoms with E-state index >= 15 is 0 Å². The number of hydrogen-bond acceptors (Lipinski definition) is 3. The van der Waals surface area contributed by atoms with Gasteiger partial charge in [0.25, 0.3) is 12.1 Å². The summed E-state index contributed by atoms with van der Waals surface area (Å²) < 4.78 is 80.4. The van der Waals surface area contributed by atoms with Crippen LogP contribution in [0.3, 0.4) is 0 Å². The molecule has 0 bridgehead atoms. The Morgan fingerprint density at radius 2 is 1.52 bits per heavy atom. The molecule has 0 spiro atoms. The topological polar surface area (TPSA) is 46.5 Å². The molecule has 0 aliphatic heterocycles. The van der Waals surface area contributed by atoms with E-state index in [1.807, 2.05) is 0 Å². The monoisotopic (exact) mass is 322 g/mol. The Kier molecular flexibility index (Phi) is 5.51. The maximum atomic E-state index is 12.7. The number of ether oxygens (including phenoxy) is 1. The van der Waals surface area contributed by atoms with Crippen LogP contribution in [-0.2, 0) is 9.53 Å². The van der Waals surface area contributed by atoms with Crippen LogP contribution < -0.4 is 0 Å². The summed E-state index contributed by atoms with van der Waals surface area (Å²) in [4.78, 5) is 10.4. The Balaban J connectivity index is 2.99. The van der Waals surface area contributed by atoms with E-state index in [-0.39, 0.29) is 6.47 Å². The highest BCUT2D eigenvalue weighted by Gasteiger charge is 2.71. The molecule has 21 heavy (non-hydrogen) atoms. The Morgan fingerprint density at radius 1 is 1.05 bits per heavy atom. The summed E-state index contributed by atoms with van der Waals surface area (Å²) in [7, 11) is 0. The van der Waals surface area contributed by atoms with E-state index in [1.54, 1.807) is 0 Å². The molecule has 3 nitrogen and oxygen atoms in total. The summed E-state index contributed by atoms with van der Waals surface area (Å²) in [5, 5.41) is 9.17. The van der Waals surface area contributed by atoms with Gasteiger partial charge in [-0.2, -0.15) is 26.3 Å². The first kappa shape index (κ1) is 18.1. The fourth-order valence-electron chi connectivity index (χ4n) is 2.59. The Morgan fingerprint density at radius 3 is 1.90 bits per heavy atom. The average molecular weight is 322 g/mol. The number of aliphatic hydroxyl groups is 1. The highest BCUT2D eigenvalue weighted by Crippen LogP contribution is 2.47. The summed E-state index contributed by atoms with van der Waals surface area (Å²) in [5.41, 5.74) is -4.88. The largest absolute Gasteiger partial charge is 0.464 e. The third-order valence-corrected chi connectivity index (χ3v) is 3.84. The lowest BCUT2D eigenvalue weighted by Crippen LogP contribution is -2.59. The van der Waals surface area contributed by atoms with Crippen molar-refractivity contribution in [3.8, 4) is 0 Å². The van der Waals surface area contributed by atoms with Crippen molar-refractivity contribution in [3.05, 3.63) is 0 Å². The van der Waals surface area contributed by atoms with Gasteiger partial charge in [0, 0.05) is 6.42 Å². The highest BCUT2D eigenvalue weighted by atomic mass is 19.4. The van der Waals surface area contributed by atoms with E-state index in [0.717, 1.165) is 6.42 Å². The van der Waals surface area contributed by atoms with Crippen LogP contribution in [0.1, 0.15) is 38.5 Å². The van der Waals surface area contributed by atoms with Crippen molar-refractivity contribution >= 4 is 6.47 Å². The van der Waals surface area contributed by atoms with Crippen LogP contribution in [-0.4, -0.2) is 35.6 Å². The van der Waals surface area contributed by atoms with Crippen molar-refractivity contribution in [1.82, 2.24) is 0 Å². The van der Waals surface area contributed by atoms with E-state index in [0.29, 0.717) is 25.7 Å². The predicted molar refractivity (Wildman–Crippen MR) is 59.2 cm³/mol. The van der Waals surface area contributed by atoms with E-state index in [2.05, 4.69) is 4.74 Å². The number of alkyl halides is 6. The first-order chi connectivity index (χ1) is 9.53. The number of hydrogen-bond donors (Lipinski definition) is 1. The molecule has 0 saturated heterocycles. The molecule has 0 radical (unpaired) electrons. The first-order valence-electron chi connectivity index (χ1n) is 6.48. The fraction of sp³-hybridized carbons (Fsp3) is 0.917. The minimum absolute atomic E-state index is 0.174. The second-order valence-electron chi connectivity index (χ2n) is 5.23. The molecule has 1 fully saturated rings.